The van der Waals surface area contributed by atoms with Crippen LogP contribution in [0.1, 0.15) is 43.3 Å². The average Bonchev–Trinajstić information content (AvgIpc) is 3.09. The van der Waals surface area contributed by atoms with E-state index in [1.165, 1.54) is 12.8 Å². The number of nitrogens with zero attached hydrogens (tertiary/aromatic N) is 4. The first-order chi connectivity index (χ1) is 9.70. The SMILES string of the molecule is Cn1c(CN2CC3CCC(=O)NC3C2)nnc1C1CC1. The van der Waals surface area contributed by atoms with Crippen molar-refractivity contribution in [3.8, 4) is 0 Å². The second kappa shape index (κ2) is 4.55. The second-order valence-electron chi connectivity index (χ2n) is 6.47. The molecule has 3 heterocycles. The first-order valence-electron chi connectivity index (χ1n) is 7.60. The van der Waals surface area contributed by atoms with Gasteiger partial charge < -0.3 is 9.88 Å². The standard InChI is InChI=1S/C14H21N5O/c1-18-12(16-17-14(18)9-2-3-9)8-19-6-10-4-5-13(20)15-11(10)7-19/h9-11H,2-8H2,1H3,(H,15,20). The van der Waals surface area contributed by atoms with Crippen molar-refractivity contribution in [1.82, 2.24) is 25.0 Å². The van der Waals surface area contributed by atoms with Gasteiger partial charge in [-0.1, -0.05) is 0 Å². The van der Waals surface area contributed by atoms with E-state index in [9.17, 15) is 4.79 Å². The molecule has 4 rings (SSSR count). The Labute approximate surface area is 118 Å². The molecule has 0 bridgehead atoms. The first kappa shape index (κ1) is 12.3. The summed E-state index contributed by atoms with van der Waals surface area (Å²) >= 11 is 0. The highest BCUT2D eigenvalue weighted by molar-refractivity contribution is 5.77. The number of nitrogens with one attached hydrogen (secondary N) is 1. The summed E-state index contributed by atoms with van der Waals surface area (Å²) in [5, 5.41) is 11.8. The fraction of sp³-hybridized carbons (Fsp3) is 0.786. The van der Waals surface area contributed by atoms with Crippen LogP contribution in [0.15, 0.2) is 0 Å². The van der Waals surface area contributed by atoms with E-state index < -0.39 is 0 Å². The lowest BCUT2D eigenvalue weighted by Crippen LogP contribution is -2.44. The number of carbonyl (C=O) groups excluding carboxylic acids is 1. The van der Waals surface area contributed by atoms with E-state index in [-0.39, 0.29) is 5.91 Å². The molecule has 2 unspecified atom stereocenters. The molecule has 0 aromatic carbocycles. The van der Waals surface area contributed by atoms with Gasteiger partial charge in [0, 0.05) is 38.5 Å². The molecule has 1 aromatic heterocycles. The molecule has 6 heteroatoms. The number of hydrogen-bond acceptors (Lipinski definition) is 4. The highest BCUT2D eigenvalue weighted by Gasteiger charge is 2.37. The molecule has 2 atom stereocenters. The quantitative estimate of drug-likeness (QED) is 0.867. The van der Waals surface area contributed by atoms with Crippen LogP contribution in [-0.4, -0.2) is 44.7 Å². The van der Waals surface area contributed by atoms with Crippen molar-refractivity contribution in [3.05, 3.63) is 11.6 Å². The number of piperidine rings is 1. The molecule has 0 spiro atoms. The maximum absolute atomic E-state index is 11.5. The fourth-order valence-electron chi connectivity index (χ4n) is 3.55. The fourth-order valence-corrected chi connectivity index (χ4v) is 3.55. The van der Waals surface area contributed by atoms with Gasteiger partial charge >= 0.3 is 0 Å². The van der Waals surface area contributed by atoms with Crippen LogP contribution >= 0.6 is 0 Å². The molecule has 2 saturated heterocycles. The van der Waals surface area contributed by atoms with Crippen LogP contribution in [0.2, 0.25) is 0 Å². The van der Waals surface area contributed by atoms with Crippen LogP contribution in [0.25, 0.3) is 0 Å². The monoisotopic (exact) mass is 275 g/mol. The molecule has 1 N–H and O–H groups in total. The Morgan fingerprint density at radius 1 is 1.25 bits per heavy atom. The topological polar surface area (TPSA) is 63.1 Å². The van der Waals surface area contributed by atoms with Crippen LogP contribution in [0.4, 0.5) is 0 Å². The molecule has 108 valence electrons. The highest BCUT2D eigenvalue weighted by atomic mass is 16.1. The maximum Gasteiger partial charge on any atom is 0.220 e. The Kier molecular flexibility index (Phi) is 2.80. The molecule has 3 aliphatic rings. The molecule has 3 fully saturated rings. The normalized spacial score (nSPS) is 30.4. The minimum atomic E-state index is 0.211. The zero-order valence-corrected chi connectivity index (χ0v) is 11.9. The van der Waals surface area contributed by atoms with Gasteiger partial charge in [-0.25, -0.2) is 0 Å². The van der Waals surface area contributed by atoms with Crippen molar-refractivity contribution in [2.45, 2.75) is 44.2 Å². The Bertz CT molecular complexity index is 536. The zero-order valence-electron chi connectivity index (χ0n) is 11.9. The predicted molar refractivity (Wildman–Crippen MR) is 72.9 cm³/mol. The zero-order chi connectivity index (χ0) is 13.7. The van der Waals surface area contributed by atoms with E-state index >= 15 is 0 Å². The van der Waals surface area contributed by atoms with Gasteiger partial charge in [-0.05, 0) is 25.2 Å². The van der Waals surface area contributed by atoms with E-state index in [1.807, 2.05) is 0 Å². The number of likely N-dealkylation sites (tertiary alicyclic amines) is 1. The summed E-state index contributed by atoms with van der Waals surface area (Å²) < 4.78 is 2.16. The van der Waals surface area contributed by atoms with Crippen molar-refractivity contribution in [2.24, 2.45) is 13.0 Å². The Hall–Kier alpha value is -1.43. The summed E-state index contributed by atoms with van der Waals surface area (Å²) in [6.07, 6.45) is 4.22. The molecular formula is C14H21N5O. The lowest BCUT2D eigenvalue weighted by atomic mass is 9.94. The number of amides is 1. The van der Waals surface area contributed by atoms with Gasteiger partial charge in [0.05, 0.1) is 6.54 Å². The number of rotatable bonds is 3. The van der Waals surface area contributed by atoms with E-state index in [1.54, 1.807) is 0 Å². The number of fused-ring (bicyclic) bond motifs is 1. The lowest BCUT2D eigenvalue weighted by molar-refractivity contribution is -0.123. The molecule has 2 aliphatic heterocycles. The van der Waals surface area contributed by atoms with Crippen LogP contribution in [0, 0.1) is 5.92 Å². The van der Waals surface area contributed by atoms with Gasteiger partial charge in [0.15, 0.2) is 0 Å². The first-order valence-corrected chi connectivity index (χ1v) is 7.60. The van der Waals surface area contributed by atoms with Crippen molar-refractivity contribution in [1.29, 1.82) is 0 Å². The van der Waals surface area contributed by atoms with E-state index in [0.29, 0.717) is 24.3 Å². The Morgan fingerprint density at radius 2 is 2.10 bits per heavy atom. The number of hydrogen-bond donors (Lipinski definition) is 1. The molecule has 1 saturated carbocycles. The summed E-state index contributed by atoms with van der Waals surface area (Å²) in [7, 11) is 2.08. The minimum Gasteiger partial charge on any atom is -0.352 e. The second-order valence-corrected chi connectivity index (χ2v) is 6.47. The Balaban J connectivity index is 1.43. The van der Waals surface area contributed by atoms with E-state index in [2.05, 4.69) is 32.0 Å². The molecule has 6 nitrogen and oxygen atoms in total. The van der Waals surface area contributed by atoms with Crippen molar-refractivity contribution >= 4 is 5.91 Å². The van der Waals surface area contributed by atoms with Crippen LogP contribution < -0.4 is 5.32 Å². The molecular weight excluding hydrogens is 254 g/mol. The lowest BCUT2D eigenvalue weighted by Gasteiger charge is -2.24. The summed E-state index contributed by atoms with van der Waals surface area (Å²) in [6.45, 7) is 2.86. The summed E-state index contributed by atoms with van der Waals surface area (Å²) in [4.78, 5) is 13.9. The summed E-state index contributed by atoms with van der Waals surface area (Å²) in [6, 6.07) is 0.340. The Morgan fingerprint density at radius 3 is 2.90 bits per heavy atom. The largest absolute Gasteiger partial charge is 0.352 e. The third-order valence-corrected chi connectivity index (χ3v) is 4.91. The molecule has 1 amide bonds. The van der Waals surface area contributed by atoms with Gasteiger partial charge in [-0.15, -0.1) is 10.2 Å². The van der Waals surface area contributed by atoms with Gasteiger partial charge in [0.2, 0.25) is 5.91 Å². The number of carbonyl (C=O) groups is 1. The molecule has 1 aliphatic carbocycles. The van der Waals surface area contributed by atoms with Gasteiger partial charge in [-0.3, -0.25) is 9.69 Å². The predicted octanol–water partition coefficient (Wildman–Crippen LogP) is 0.403. The summed E-state index contributed by atoms with van der Waals surface area (Å²) in [5.41, 5.74) is 0. The third-order valence-electron chi connectivity index (χ3n) is 4.91. The van der Waals surface area contributed by atoms with Gasteiger partial charge in [0.25, 0.3) is 0 Å². The van der Waals surface area contributed by atoms with E-state index in [4.69, 9.17) is 0 Å². The molecule has 1 aromatic rings. The maximum atomic E-state index is 11.5. The third kappa shape index (κ3) is 2.12. The smallest absolute Gasteiger partial charge is 0.220 e. The highest BCUT2D eigenvalue weighted by Crippen LogP contribution is 2.38. The van der Waals surface area contributed by atoms with Crippen molar-refractivity contribution in [3.63, 3.8) is 0 Å². The van der Waals surface area contributed by atoms with E-state index in [0.717, 1.165) is 37.7 Å². The molecule has 20 heavy (non-hydrogen) atoms. The minimum absolute atomic E-state index is 0.211. The van der Waals surface area contributed by atoms with Crippen molar-refractivity contribution in [2.75, 3.05) is 13.1 Å². The summed E-state index contributed by atoms with van der Waals surface area (Å²) in [5.74, 6) is 3.66. The molecule has 0 radical (unpaired) electrons. The van der Waals surface area contributed by atoms with Crippen molar-refractivity contribution < 1.29 is 4.79 Å². The van der Waals surface area contributed by atoms with Crippen LogP contribution in [-0.2, 0) is 18.4 Å². The average molecular weight is 275 g/mol. The van der Waals surface area contributed by atoms with Gasteiger partial charge in [-0.2, -0.15) is 0 Å². The van der Waals surface area contributed by atoms with Gasteiger partial charge in [0.1, 0.15) is 11.6 Å². The van der Waals surface area contributed by atoms with Crippen LogP contribution in [0.5, 0.6) is 0 Å². The number of aromatic nitrogens is 3. The van der Waals surface area contributed by atoms with Crippen LogP contribution in [0.3, 0.4) is 0 Å².